The van der Waals surface area contributed by atoms with Crippen LogP contribution in [0.3, 0.4) is 0 Å². The molecule has 1 N–H and O–H groups in total. The van der Waals surface area contributed by atoms with Crippen molar-refractivity contribution in [1.29, 1.82) is 0 Å². The number of hydrogen-bond donors (Lipinski definition) is 1. The molecule has 0 fully saturated rings. The zero-order chi connectivity index (χ0) is 15.3. The van der Waals surface area contributed by atoms with Gasteiger partial charge in [-0.3, -0.25) is 0 Å². The molecule has 0 radical (unpaired) electrons. The molecule has 4 nitrogen and oxygen atoms in total. The molecule has 0 saturated carbocycles. The van der Waals surface area contributed by atoms with E-state index in [4.69, 9.17) is 0 Å². The zero-order valence-corrected chi connectivity index (χ0v) is 13.4. The minimum Gasteiger partial charge on any atom is -0.346 e. The Morgan fingerprint density at radius 3 is 2.71 bits per heavy atom. The summed E-state index contributed by atoms with van der Waals surface area (Å²) in [6.07, 6.45) is 2.60. The minimum absolute atomic E-state index is 0.172. The van der Waals surface area contributed by atoms with Gasteiger partial charge in [-0.15, -0.1) is 0 Å². The highest BCUT2D eigenvalue weighted by atomic mass is 32.2. The van der Waals surface area contributed by atoms with Crippen molar-refractivity contribution in [3.8, 4) is 0 Å². The summed E-state index contributed by atoms with van der Waals surface area (Å²) in [4.78, 5) is 0. The van der Waals surface area contributed by atoms with Crippen LogP contribution >= 0.6 is 0 Å². The fourth-order valence-corrected chi connectivity index (χ4v) is 3.35. The highest BCUT2D eigenvalue weighted by molar-refractivity contribution is 7.89. The minimum atomic E-state index is -3.17. The average molecular weight is 306 g/mol. The summed E-state index contributed by atoms with van der Waals surface area (Å²) in [6.45, 7) is 5.01. The second-order valence-electron chi connectivity index (χ2n) is 5.26. The van der Waals surface area contributed by atoms with E-state index < -0.39 is 10.0 Å². The number of nitrogens with zero attached hydrogens (tertiary/aromatic N) is 1. The van der Waals surface area contributed by atoms with Gasteiger partial charge in [0, 0.05) is 18.4 Å². The van der Waals surface area contributed by atoms with Crippen molar-refractivity contribution in [2.45, 2.75) is 33.4 Å². The highest BCUT2D eigenvalue weighted by Gasteiger charge is 2.10. The molecule has 1 aromatic carbocycles. The number of nitrogens with one attached hydrogen (secondary N) is 1. The van der Waals surface area contributed by atoms with Crippen LogP contribution in [-0.2, 0) is 23.1 Å². The highest BCUT2D eigenvalue weighted by Crippen LogP contribution is 2.10. The Hall–Kier alpha value is -1.59. The largest absolute Gasteiger partial charge is 0.346 e. The standard InChI is InChI=1S/C16H22N2O2S/c1-3-10-21(19,20)17-12-16-8-5-9-18(16)13-15-7-4-6-14(2)11-15/h4-9,11,17H,3,10,12-13H2,1-2H3. The second-order valence-corrected chi connectivity index (χ2v) is 7.18. The molecule has 1 heterocycles. The van der Waals surface area contributed by atoms with Crippen molar-refractivity contribution < 1.29 is 8.42 Å². The number of benzene rings is 1. The van der Waals surface area contributed by atoms with Gasteiger partial charge in [-0.25, -0.2) is 13.1 Å². The third-order valence-electron chi connectivity index (χ3n) is 3.30. The monoisotopic (exact) mass is 306 g/mol. The van der Waals surface area contributed by atoms with Crippen LogP contribution in [0, 0.1) is 6.92 Å². The van der Waals surface area contributed by atoms with Gasteiger partial charge in [0.25, 0.3) is 0 Å². The van der Waals surface area contributed by atoms with Gasteiger partial charge in [-0.05, 0) is 31.0 Å². The molecule has 0 aliphatic heterocycles. The molecule has 0 aliphatic rings. The number of rotatable bonds is 7. The second kappa shape index (κ2) is 6.91. The Kier molecular flexibility index (Phi) is 5.20. The lowest BCUT2D eigenvalue weighted by Gasteiger charge is -2.11. The number of sulfonamides is 1. The molecule has 1 aromatic heterocycles. The van der Waals surface area contributed by atoms with Gasteiger partial charge in [-0.2, -0.15) is 0 Å². The van der Waals surface area contributed by atoms with Crippen molar-refractivity contribution in [2.75, 3.05) is 5.75 Å². The zero-order valence-electron chi connectivity index (χ0n) is 12.5. The van der Waals surface area contributed by atoms with Crippen LogP contribution in [0.5, 0.6) is 0 Å². The van der Waals surface area contributed by atoms with Crippen molar-refractivity contribution >= 4 is 10.0 Å². The molecule has 0 amide bonds. The van der Waals surface area contributed by atoms with Gasteiger partial charge in [0.2, 0.25) is 10.0 Å². The summed E-state index contributed by atoms with van der Waals surface area (Å²) in [5.41, 5.74) is 3.41. The summed E-state index contributed by atoms with van der Waals surface area (Å²) in [5.74, 6) is 0.172. The number of aromatic nitrogens is 1. The van der Waals surface area contributed by atoms with E-state index in [0.717, 1.165) is 12.2 Å². The van der Waals surface area contributed by atoms with Crippen LogP contribution in [0.15, 0.2) is 42.6 Å². The molecule has 0 saturated heterocycles. The molecule has 0 atom stereocenters. The van der Waals surface area contributed by atoms with Crippen molar-refractivity contribution in [3.05, 3.63) is 59.4 Å². The van der Waals surface area contributed by atoms with E-state index in [1.807, 2.05) is 31.3 Å². The SMILES string of the molecule is CCCS(=O)(=O)NCc1cccn1Cc1cccc(C)c1. The predicted octanol–water partition coefficient (Wildman–Crippen LogP) is 2.67. The van der Waals surface area contributed by atoms with Gasteiger partial charge in [0.05, 0.1) is 12.3 Å². The van der Waals surface area contributed by atoms with Crippen LogP contribution in [0.2, 0.25) is 0 Å². The third kappa shape index (κ3) is 4.72. The predicted molar refractivity (Wildman–Crippen MR) is 85.6 cm³/mol. The first-order chi connectivity index (χ1) is 10.00. The summed E-state index contributed by atoms with van der Waals surface area (Å²) in [6, 6.07) is 12.2. The number of hydrogen-bond acceptors (Lipinski definition) is 2. The van der Waals surface area contributed by atoms with Crippen LogP contribution in [0.1, 0.15) is 30.2 Å². The smallest absolute Gasteiger partial charge is 0.211 e. The molecule has 114 valence electrons. The molecular formula is C16H22N2O2S. The maximum atomic E-state index is 11.7. The molecule has 0 aliphatic carbocycles. The fraction of sp³-hybridized carbons (Fsp3) is 0.375. The van der Waals surface area contributed by atoms with E-state index in [-0.39, 0.29) is 5.75 Å². The molecule has 2 aromatic rings. The molecule has 0 spiro atoms. The summed E-state index contributed by atoms with van der Waals surface area (Å²) in [5, 5.41) is 0. The molecule has 5 heteroatoms. The Morgan fingerprint density at radius 1 is 1.19 bits per heavy atom. The van der Waals surface area contributed by atoms with Crippen molar-refractivity contribution in [1.82, 2.24) is 9.29 Å². The summed E-state index contributed by atoms with van der Waals surface area (Å²) < 4.78 is 28.2. The quantitative estimate of drug-likeness (QED) is 0.855. The first kappa shape index (κ1) is 15.8. The normalized spacial score (nSPS) is 11.7. The molecular weight excluding hydrogens is 284 g/mol. The van der Waals surface area contributed by atoms with Crippen LogP contribution in [0.25, 0.3) is 0 Å². The molecule has 21 heavy (non-hydrogen) atoms. The Bertz CT molecular complexity index is 690. The van der Waals surface area contributed by atoms with Crippen molar-refractivity contribution in [2.24, 2.45) is 0 Å². The fourth-order valence-electron chi connectivity index (χ4n) is 2.30. The Morgan fingerprint density at radius 2 is 2.00 bits per heavy atom. The Balaban J connectivity index is 2.05. The van der Waals surface area contributed by atoms with Crippen LogP contribution in [0.4, 0.5) is 0 Å². The van der Waals surface area contributed by atoms with Gasteiger partial charge >= 0.3 is 0 Å². The van der Waals surface area contributed by atoms with Crippen LogP contribution in [-0.4, -0.2) is 18.7 Å². The van der Waals surface area contributed by atoms with E-state index in [1.165, 1.54) is 11.1 Å². The van der Waals surface area contributed by atoms with Crippen molar-refractivity contribution in [3.63, 3.8) is 0 Å². The third-order valence-corrected chi connectivity index (χ3v) is 4.83. The Labute approximate surface area is 126 Å². The lowest BCUT2D eigenvalue weighted by Crippen LogP contribution is -2.26. The molecule has 0 unspecified atom stereocenters. The van der Waals surface area contributed by atoms with E-state index in [2.05, 4.69) is 34.4 Å². The lowest BCUT2D eigenvalue weighted by molar-refractivity contribution is 0.576. The van der Waals surface area contributed by atoms with Gasteiger partial charge in [0.1, 0.15) is 0 Å². The molecule has 2 rings (SSSR count). The summed E-state index contributed by atoms with van der Waals surface area (Å²) >= 11 is 0. The van der Waals surface area contributed by atoms with E-state index in [1.54, 1.807) is 0 Å². The maximum absolute atomic E-state index is 11.7. The molecule has 0 bridgehead atoms. The first-order valence-electron chi connectivity index (χ1n) is 7.17. The number of aryl methyl sites for hydroxylation is 1. The van der Waals surface area contributed by atoms with E-state index >= 15 is 0 Å². The summed E-state index contributed by atoms with van der Waals surface area (Å²) in [7, 11) is -3.17. The lowest BCUT2D eigenvalue weighted by atomic mass is 10.1. The van der Waals surface area contributed by atoms with E-state index in [9.17, 15) is 8.42 Å². The van der Waals surface area contributed by atoms with Crippen LogP contribution < -0.4 is 4.72 Å². The van der Waals surface area contributed by atoms with Gasteiger partial charge in [-0.1, -0.05) is 36.8 Å². The topological polar surface area (TPSA) is 51.1 Å². The maximum Gasteiger partial charge on any atom is 0.211 e. The average Bonchev–Trinajstić information content (AvgIpc) is 2.84. The van der Waals surface area contributed by atoms with Gasteiger partial charge in [0.15, 0.2) is 0 Å². The van der Waals surface area contributed by atoms with Gasteiger partial charge < -0.3 is 4.57 Å². The first-order valence-corrected chi connectivity index (χ1v) is 8.82. The van der Waals surface area contributed by atoms with E-state index in [0.29, 0.717) is 13.0 Å².